The number of esters is 1. The number of pyridine rings is 2. The molecule has 1 atom stereocenters. The molecule has 48 heavy (non-hydrogen) atoms. The summed E-state index contributed by atoms with van der Waals surface area (Å²) in [5.41, 5.74) is 0.856. The van der Waals surface area contributed by atoms with Gasteiger partial charge in [-0.15, -0.1) is 0 Å². The molecule has 7 rings (SSSR count). The van der Waals surface area contributed by atoms with E-state index in [0.29, 0.717) is 59.3 Å². The number of hydrogen-bond donors (Lipinski definition) is 2. The minimum absolute atomic E-state index is 0.00967. The van der Waals surface area contributed by atoms with Crippen LogP contribution < -0.4 is 15.6 Å². The van der Waals surface area contributed by atoms with Gasteiger partial charge in [0, 0.05) is 39.8 Å². The fourth-order valence-corrected chi connectivity index (χ4v) is 6.71. The van der Waals surface area contributed by atoms with Gasteiger partial charge in [-0.05, 0) is 61.1 Å². The van der Waals surface area contributed by atoms with Gasteiger partial charge in [-0.2, -0.15) is 0 Å². The maximum Gasteiger partial charge on any atom is 0.415 e. The highest BCUT2D eigenvalue weighted by atomic mass is 16.6. The van der Waals surface area contributed by atoms with Crippen LogP contribution in [0.25, 0.3) is 22.3 Å². The number of piperidine rings is 1. The monoisotopic (exact) mass is 655 g/mol. The summed E-state index contributed by atoms with van der Waals surface area (Å²) in [7, 11) is 0. The molecule has 2 N–H and O–H groups in total. The number of likely N-dealkylation sites (tertiary alicyclic amines) is 1. The molecule has 1 fully saturated rings. The number of carbonyl (C=O) groups is 3. The second kappa shape index (κ2) is 12.4. The lowest BCUT2D eigenvalue weighted by atomic mass is 9.86. The SMILES string of the molecule is [2H]C([2H])([2H])Cc1c2c(nc3ccc(OC(=O)N4CCC(NC(=O)OCc5ccccc5)CC4)cc13)-c1cc3c(c(=O)n1C2)COC(=O)[C@]3(O)CC. The maximum atomic E-state index is 13.7. The number of cyclic esters (lactones) is 1. The Morgan fingerprint density at radius 1 is 1.12 bits per heavy atom. The molecule has 3 aliphatic heterocycles. The van der Waals surface area contributed by atoms with Crippen molar-refractivity contribution in [3.63, 3.8) is 0 Å². The third-order valence-corrected chi connectivity index (χ3v) is 9.45. The summed E-state index contributed by atoms with van der Waals surface area (Å²) >= 11 is 0. The smallest absolute Gasteiger partial charge is 0.415 e. The number of nitrogens with one attached hydrogen (secondary N) is 1. The first-order valence-electron chi connectivity index (χ1n) is 17.4. The van der Waals surface area contributed by atoms with Crippen LogP contribution >= 0.6 is 0 Å². The van der Waals surface area contributed by atoms with Crippen molar-refractivity contribution in [3.8, 4) is 17.1 Å². The number of hydrogen-bond acceptors (Lipinski definition) is 9. The van der Waals surface area contributed by atoms with Gasteiger partial charge in [-0.3, -0.25) is 4.79 Å². The van der Waals surface area contributed by atoms with Crippen LogP contribution in [0.5, 0.6) is 5.75 Å². The van der Waals surface area contributed by atoms with Crippen molar-refractivity contribution in [3.05, 3.63) is 92.8 Å². The van der Waals surface area contributed by atoms with Crippen LogP contribution in [0.4, 0.5) is 9.59 Å². The summed E-state index contributed by atoms with van der Waals surface area (Å²) in [6.07, 6.45) is -0.456. The summed E-state index contributed by atoms with van der Waals surface area (Å²) in [6, 6.07) is 15.5. The normalized spacial score (nSPS) is 19.7. The number of carbonyl (C=O) groups excluding carboxylic acids is 3. The van der Waals surface area contributed by atoms with E-state index >= 15 is 0 Å². The van der Waals surface area contributed by atoms with Gasteiger partial charge in [0.2, 0.25) is 0 Å². The highest BCUT2D eigenvalue weighted by Crippen LogP contribution is 2.40. The largest absolute Gasteiger partial charge is 0.458 e. The van der Waals surface area contributed by atoms with Crippen LogP contribution in [-0.2, 0) is 46.0 Å². The quantitative estimate of drug-likeness (QED) is 0.252. The van der Waals surface area contributed by atoms with Crippen LogP contribution in [0.3, 0.4) is 0 Å². The molecular formula is C36H36N4O8. The van der Waals surface area contributed by atoms with E-state index in [0.717, 1.165) is 5.56 Å². The molecule has 0 aliphatic carbocycles. The van der Waals surface area contributed by atoms with Crippen molar-refractivity contribution in [1.29, 1.82) is 0 Å². The minimum Gasteiger partial charge on any atom is -0.458 e. The zero-order valence-corrected chi connectivity index (χ0v) is 26.3. The average Bonchev–Trinajstić information content (AvgIpc) is 3.48. The second-order valence-electron chi connectivity index (χ2n) is 12.2. The van der Waals surface area contributed by atoms with Crippen LogP contribution in [0.2, 0.25) is 0 Å². The van der Waals surface area contributed by atoms with Gasteiger partial charge in [0.25, 0.3) is 5.56 Å². The molecule has 2 amide bonds. The maximum absolute atomic E-state index is 13.7. The van der Waals surface area contributed by atoms with E-state index in [4.69, 9.17) is 23.3 Å². The lowest BCUT2D eigenvalue weighted by molar-refractivity contribution is -0.172. The third kappa shape index (κ3) is 5.45. The Labute approximate surface area is 280 Å². The van der Waals surface area contributed by atoms with E-state index in [2.05, 4.69) is 5.32 Å². The molecule has 0 unspecified atom stereocenters. The predicted molar refractivity (Wildman–Crippen MR) is 174 cm³/mol. The number of benzene rings is 2. The molecule has 0 saturated carbocycles. The molecular weight excluding hydrogens is 616 g/mol. The lowest BCUT2D eigenvalue weighted by Gasteiger charge is -2.31. The van der Waals surface area contributed by atoms with Crippen LogP contribution in [0, 0.1) is 0 Å². The van der Waals surface area contributed by atoms with Crippen molar-refractivity contribution in [1.82, 2.24) is 19.8 Å². The standard InChI is InChI=1S/C36H36N4O8/c1-3-24-25-16-23(48-35(44)39-14-12-22(13-15-39)37-34(43)47-19-21-8-6-5-7-9-21)10-11-29(25)38-31-26(24)18-40-30(31)17-28-27(32(40)41)20-46-33(42)36(28,45)4-2/h5-11,16-17,22,45H,3-4,12-15,18-20H2,1-2H3,(H,37,43)/t36-/m0/s1/i1D3. The number of nitrogens with zero attached hydrogens (tertiary/aromatic N) is 3. The lowest BCUT2D eigenvalue weighted by Crippen LogP contribution is -2.47. The van der Waals surface area contributed by atoms with Crippen molar-refractivity contribution in [2.45, 2.75) is 70.9 Å². The van der Waals surface area contributed by atoms with Crippen molar-refractivity contribution in [2.24, 2.45) is 0 Å². The van der Waals surface area contributed by atoms with E-state index in [1.807, 2.05) is 30.3 Å². The fraction of sp³-hybridized carbons (Fsp3) is 0.361. The van der Waals surface area contributed by atoms with Gasteiger partial charge in [0.1, 0.15) is 19.0 Å². The number of rotatable bonds is 6. The number of aromatic nitrogens is 2. The number of amides is 2. The molecule has 1 saturated heterocycles. The van der Waals surface area contributed by atoms with Crippen molar-refractivity contribution >= 4 is 29.1 Å². The molecule has 0 bridgehead atoms. The Balaban J connectivity index is 1.10. The zero-order valence-electron chi connectivity index (χ0n) is 29.3. The van der Waals surface area contributed by atoms with Gasteiger partial charge < -0.3 is 34.1 Å². The molecule has 2 aromatic heterocycles. The third-order valence-electron chi connectivity index (χ3n) is 9.45. The Hall–Kier alpha value is -5.23. The van der Waals surface area contributed by atoms with Crippen LogP contribution in [0.1, 0.15) is 65.0 Å². The molecule has 4 aromatic rings. The van der Waals surface area contributed by atoms with E-state index in [9.17, 15) is 24.3 Å². The van der Waals surface area contributed by atoms with Gasteiger partial charge >= 0.3 is 18.2 Å². The molecule has 0 radical (unpaired) electrons. The molecule has 3 aliphatic rings. The molecule has 248 valence electrons. The Bertz CT molecular complexity index is 2110. The predicted octanol–water partition coefficient (Wildman–Crippen LogP) is 4.53. The topological polar surface area (TPSA) is 149 Å². The van der Waals surface area contributed by atoms with Crippen LogP contribution in [0.15, 0.2) is 59.4 Å². The highest BCUT2D eigenvalue weighted by Gasteiger charge is 2.45. The number of ether oxygens (including phenoxy) is 3. The first-order chi connectivity index (χ1) is 24.3. The number of alkyl carbamates (subject to hydrolysis) is 1. The molecule has 5 heterocycles. The summed E-state index contributed by atoms with van der Waals surface area (Å²) < 4.78 is 42.0. The number of aryl methyl sites for hydroxylation is 1. The Morgan fingerprint density at radius 3 is 2.67 bits per heavy atom. The molecule has 2 aromatic carbocycles. The summed E-state index contributed by atoms with van der Waals surface area (Å²) in [5, 5.41) is 14.5. The average molecular weight is 656 g/mol. The van der Waals surface area contributed by atoms with E-state index in [-0.39, 0.29) is 55.5 Å². The van der Waals surface area contributed by atoms with Gasteiger partial charge in [0.05, 0.1) is 29.0 Å². The van der Waals surface area contributed by atoms with E-state index < -0.39 is 36.2 Å². The van der Waals surface area contributed by atoms with E-state index in [1.165, 1.54) is 4.57 Å². The Kier molecular flexibility index (Phi) is 7.20. The summed E-state index contributed by atoms with van der Waals surface area (Å²) in [4.78, 5) is 58.1. The highest BCUT2D eigenvalue weighted by molar-refractivity contribution is 5.90. The molecule has 12 heteroatoms. The van der Waals surface area contributed by atoms with Gasteiger partial charge in [-0.1, -0.05) is 44.1 Å². The number of aliphatic hydroxyl groups is 1. The molecule has 0 spiro atoms. The zero-order chi connectivity index (χ0) is 36.1. The van der Waals surface area contributed by atoms with E-state index in [1.54, 1.807) is 36.1 Å². The Morgan fingerprint density at radius 2 is 1.92 bits per heavy atom. The fourth-order valence-electron chi connectivity index (χ4n) is 6.71. The van der Waals surface area contributed by atoms with Gasteiger partial charge in [-0.25, -0.2) is 19.4 Å². The van der Waals surface area contributed by atoms with Crippen molar-refractivity contribution < 1.29 is 37.8 Å². The van der Waals surface area contributed by atoms with Crippen molar-refractivity contribution in [2.75, 3.05) is 13.1 Å². The van der Waals surface area contributed by atoms with Crippen LogP contribution in [-0.4, -0.2) is 56.8 Å². The first-order valence-corrected chi connectivity index (χ1v) is 15.9. The number of fused-ring (bicyclic) bond motifs is 5. The first kappa shape index (κ1) is 27.8. The molecule has 12 nitrogen and oxygen atoms in total. The summed E-state index contributed by atoms with van der Waals surface area (Å²) in [6.45, 7) is -0.185. The van der Waals surface area contributed by atoms with Gasteiger partial charge in [0.15, 0.2) is 5.60 Å². The second-order valence-corrected chi connectivity index (χ2v) is 12.2. The minimum atomic E-state index is -2.39. The summed E-state index contributed by atoms with van der Waals surface area (Å²) in [5.74, 6) is -0.644.